The monoisotopic (exact) mass is 585 g/mol. The number of fused-ring (bicyclic) bond motifs is 7. The van der Waals surface area contributed by atoms with Crippen LogP contribution in [0.5, 0.6) is 11.5 Å². The molecule has 0 radical (unpaired) electrons. The van der Waals surface area contributed by atoms with Gasteiger partial charge >= 0.3 is 0 Å². The number of ether oxygens (including phenoxy) is 2. The summed E-state index contributed by atoms with van der Waals surface area (Å²) < 4.78 is 12.6. The largest absolute Gasteiger partial charge is 0.488 e. The number of rotatable bonds is 4. The van der Waals surface area contributed by atoms with Crippen LogP contribution >= 0.6 is 0 Å². The first-order valence-electron chi connectivity index (χ1n) is 16.2. The lowest BCUT2D eigenvalue weighted by Gasteiger charge is -2.32. The molecule has 1 fully saturated rings. The molecule has 7 nitrogen and oxygen atoms in total. The maximum atomic E-state index is 6.31. The summed E-state index contributed by atoms with van der Waals surface area (Å²) in [6, 6.07) is 30.1. The summed E-state index contributed by atoms with van der Waals surface area (Å²) >= 11 is 0. The Balaban J connectivity index is 1.37. The topological polar surface area (TPSA) is 34.7 Å². The lowest BCUT2D eigenvalue weighted by Crippen LogP contribution is -2.44. The van der Waals surface area contributed by atoms with Crippen molar-refractivity contribution in [1.82, 2.24) is 24.5 Å². The zero-order valence-electron chi connectivity index (χ0n) is 26.2. The van der Waals surface area contributed by atoms with Gasteiger partial charge in [0.05, 0.1) is 0 Å². The zero-order chi connectivity index (χ0) is 29.5. The second-order valence-electron chi connectivity index (χ2n) is 12.0. The van der Waals surface area contributed by atoms with Gasteiger partial charge in [-0.3, -0.25) is 19.6 Å². The molecule has 0 aromatic heterocycles. The highest BCUT2D eigenvalue weighted by molar-refractivity contribution is 5.39. The Morgan fingerprint density at radius 3 is 1.35 bits per heavy atom. The molecule has 2 atom stereocenters. The molecular formula is C36H51N5O2. The van der Waals surface area contributed by atoms with Crippen LogP contribution in [0.4, 0.5) is 0 Å². The number of likely N-dealkylation sites (N-methyl/N-ethyl adjacent to an activating group) is 1. The fraction of sp³-hybridized carbons (Fsp3) is 0.500. The molecule has 2 heterocycles. The third kappa shape index (κ3) is 10.9. The minimum absolute atomic E-state index is 0.656. The standard InChI is InChI=1S/C36H51N5O2/c1-37-19-21-38-23-25-40(31-33-11-4-2-5-12-33)17-10-18-41(32-34-13-6-3-7-14-34)26-24-39(22-20-37)28-30-43-36-16-9-8-15-35(36)42-29-27-38/h2-9,11-16H,10,17-32H2,1H3. The smallest absolute Gasteiger partial charge is 0.161 e. The van der Waals surface area contributed by atoms with Crippen LogP contribution < -0.4 is 9.47 Å². The van der Waals surface area contributed by atoms with Crippen molar-refractivity contribution in [2.45, 2.75) is 19.5 Å². The molecule has 0 N–H and O–H groups in total. The van der Waals surface area contributed by atoms with Crippen LogP contribution in [0.1, 0.15) is 17.5 Å². The highest BCUT2D eigenvalue weighted by Crippen LogP contribution is 2.26. The highest BCUT2D eigenvalue weighted by Gasteiger charge is 2.17. The van der Waals surface area contributed by atoms with Gasteiger partial charge in [-0.05, 0) is 49.8 Å². The fourth-order valence-corrected chi connectivity index (χ4v) is 5.97. The summed E-state index contributed by atoms with van der Waals surface area (Å²) in [5.41, 5.74) is 2.77. The molecule has 5 rings (SSSR count). The molecular weight excluding hydrogens is 534 g/mol. The zero-order valence-corrected chi connectivity index (χ0v) is 26.2. The van der Waals surface area contributed by atoms with Crippen LogP contribution in [-0.4, -0.2) is 123 Å². The molecule has 43 heavy (non-hydrogen) atoms. The van der Waals surface area contributed by atoms with Crippen LogP contribution in [0, 0.1) is 0 Å². The maximum Gasteiger partial charge on any atom is 0.161 e. The highest BCUT2D eigenvalue weighted by atomic mass is 16.5. The molecule has 2 aliphatic rings. The van der Waals surface area contributed by atoms with Gasteiger partial charge in [-0.25, -0.2) is 0 Å². The van der Waals surface area contributed by atoms with E-state index in [9.17, 15) is 0 Å². The molecule has 2 unspecified atom stereocenters. The maximum absolute atomic E-state index is 6.31. The summed E-state index contributed by atoms with van der Waals surface area (Å²) in [5, 5.41) is 0. The van der Waals surface area contributed by atoms with Crippen molar-refractivity contribution in [3.05, 3.63) is 96.1 Å². The van der Waals surface area contributed by atoms with E-state index in [-0.39, 0.29) is 0 Å². The van der Waals surface area contributed by atoms with Crippen LogP contribution in [0.15, 0.2) is 84.9 Å². The first kappa shape index (κ1) is 31.5. The summed E-state index contributed by atoms with van der Waals surface area (Å²) in [6.07, 6.45) is 1.16. The molecule has 1 saturated heterocycles. The predicted molar refractivity (Wildman–Crippen MR) is 176 cm³/mol. The average Bonchev–Trinajstić information content (AvgIpc) is 3.04. The van der Waals surface area contributed by atoms with Crippen molar-refractivity contribution < 1.29 is 9.47 Å². The minimum atomic E-state index is 0.656. The Bertz CT molecular complexity index is 1090. The fourth-order valence-electron chi connectivity index (χ4n) is 5.97. The van der Waals surface area contributed by atoms with E-state index in [1.807, 2.05) is 24.3 Å². The van der Waals surface area contributed by atoms with E-state index in [1.54, 1.807) is 0 Å². The molecule has 2 aliphatic heterocycles. The second kappa shape index (κ2) is 17.4. The minimum Gasteiger partial charge on any atom is -0.488 e. The Morgan fingerprint density at radius 1 is 0.465 bits per heavy atom. The SMILES string of the molecule is CN1CCN2CCOc3ccccc3OCCN(CC1)CCN(Cc1ccccc1)CCCN(Cc1ccccc1)CC2. The normalized spacial score (nSPS) is 22.8. The Labute approximate surface area is 259 Å². The molecule has 232 valence electrons. The molecule has 3 aromatic rings. The Hall–Kier alpha value is -2.94. The van der Waals surface area contributed by atoms with E-state index in [0.717, 1.165) is 110 Å². The number of para-hydroxylation sites is 2. The van der Waals surface area contributed by atoms with E-state index in [2.05, 4.69) is 92.2 Å². The van der Waals surface area contributed by atoms with Crippen LogP contribution in [0.2, 0.25) is 0 Å². The van der Waals surface area contributed by atoms with E-state index >= 15 is 0 Å². The number of hydrogen-bond donors (Lipinski definition) is 0. The van der Waals surface area contributed by atoms with E-state index in [1.165, 1.54) is 11.1 Å². The quantitative estimate of drug-likeness (QED) is 0.420. The van der Waals surface area contributed by atoms with E-state index < -0.39 is 0 Å². The number of hydrogen-bond acceptors (Lipinski definition) is 7. The third-order valence-electron chi connectivity index (χ3n) is 8.69. The van der Waals surface area contributed by atoms with Crippen molar-refractivity contribution in [3.63, 3.8) is 0 Å². The predicted octanol–water partition coefficient (Wildman–Crippen LogP) is 4.40. The summed E-state index contributed by atoms with van der Waals surface area (Å²) in [5.74, 6) is 1.69. The van der Waals surface area contributed by atoms with Crippen molar-refractivity contribution in [1.29, 1.82) is 0 Å². The molecule has 2 bridgehead atoms. The lowest BCUT2D eigenvalue weighted by atomic mass is 10.2. The second-order valence-corrected chi connectivity index (χ2v) is 12.0. The average molecular weight is 586 g/mol. The first-order chi connectivity index (χ1) is 21.2. The Kier molecular flexibility index (Phi) is 12.7. The van der Waals surface area contributed by atoms with Crippen molar-refractivity contribution in [3.8, 4) is 11.5 Å². The van der Waals surface area contributed by atoms with Crippen molar-refractivity contribution in [2.75, 3.05) is 98.8 Å². The number of benzene rings is 3. The molecule has 3 aromatic carbocycles. The van der Waals surface area contributed by atoms with Gasteiger partial charge in [-0.15, -0.1) is 0 Å². The van der Waals surface area contributed by atoms with Crippen molar-refractivity contribution in [2.24, 2.45) is 0 Å². The van der Waals surface area contributed by atoms with Gasteiger partial charge < -0.3 is 14.4 Å². The molecule has 0 saturated carbocycles. The van der Waals surface area contributed by atoms with Gasteiger partial charge in [-0.1, -0.05) is 72.8 Å². The third-order valence-corrected chi connectivity index (χ3v) is 8.69. The summed E-state index contributed by atoms with van der Waals surface area (Å²) in [4.78, 5) is 13.0. The summed E-state index contributed by atoms with van der Waals surface area (Å²) in [6.45, 7) is 15.6. The first-order valence-corrected chi connectivity index (χ1v) is 16.2. The number of nitrogens with zero attached hydrogens (tertiary/aromatic N) is 5. The van der Waals surface area contributed by atoms with Gasteiger partial charge in [0, 0.05) is 78.5 Å². The van der Waals surface area contributed by atoms with Crippen LogP contribution in [0.3, 0.4) is 0 Å². The van der Waals surface area contributed by atoms with Gasteiger partial charge in [0.2, 0.25) is 0 Å². The Morgan fingerprint density at radius 2 is 0.884 bits per heavy atom. The van der Waals surface area contributed by atoms with Gasteiger partial charge in [0.1, 0.15) is 13.2 Å². The lowest BCUT2D eigenvalue weighted by molar-refractivity contribution is 0.136. The molecule has 0 amide bonds. The van der Waals surface area contributed by atoms with Gasteiger partial charge in [-0.2, -0.15) is 0 Å². The molecule has 0 aliphatic carbocycles. The molecule has 7 heteroatoms. The van der Waals surface area contributed by atoms with Gasteiger partial charge in [0.25, 0.3) is 0 Å². The van der Waals surface area contributed by atoms with E-state index in [4.69, 9.17) is 9.47 Å². The summed E-state index contributed by atoms with van der Waals surface area (Å²) in [7, 11) is 2.27. The van der Waals surface area contributed by atoms with Crippen molar-refractivity contribution >= 4 is 0 Å². The van der Waals surface area contributed by atoms with E-state index in [0.29, 0.717) is 13.2 Å². The van der Waals surface area contributed by atoms with Gasteiger partial charge in [0.15, 0.2) is 11.5 Å². The van der Waals surface area contributed by atoms with Crippen LogP contribution in [0.25, 0.3) is 0 Å². The van der Waals surface area contributed by atoms with Crippen LogP contribution in [-0.2, 0) is 13.1 Å². The molecule has 0 spiro atoms.